The van der Waals surface area contributed by atoms with Gasteiger partial charge >= 0.3 is 0 Å². The van der Waals surface area contributed by atoms with Gasteiger partial charge in [-0.3, -0.25) is 0 Å². The van der Waals surface area contributed by atoms with E-state index in [1.807, 2.05) is 6.92 Å². The molecule has 0 aromatic rings. The van der Waals surface area contributed by atoms with Gasteiger partial charge in [-0.05, 0) is 46.0 Å². The van der Waals surface area contributed by atoms with Crippen molar-refractivity contribution < 1.29 is 39.7 Å². The molecule has 6 unspecified atom stereocenters. The number of hydrogen-bond donors (Lipinski definition) is 4. The first-order valence-electron chi connectivity index (χ1n) is 8.03. The maximum atomic E-state index is 10.1. The summed E-state index contributed by atoms with van der Waals surface area (Å²) < 4.78 is 17.3. The second-order valence-corrected chi connectivity index (χ2v) is 7.56. The van der Waals surface area contributed by atoms with Gasteiger partial charge in [0.15, 0.2) is 6.29 Å². The van der Waals surface area contributed by atoms with Crippen molar-refractivity contribution in [3.63, 3.8) is 0 Å². The van der Waals surface area contributed by atoms with Crippen molar-refractivity contribution in [3.8, 4) is 0 Å². The lowest BCUT2D eigenvalue weighted by Gasteiger charge is -2.58. The minimum absolute atomic E-state index is 0.231. The van der Waals surface area contributed by atoms with Crippen LogP contribution in [-0.4, -0.2) is 68.8 Å². The molecule has 1 aliphatic carbocycles. The van der Waals surface area contributed by atoms with E-state index in [2.05, 4.69) is 18.7 Å². The van der Waals surface area contributed by atoms with E-state index in [-0.39, 0.29) is 11.7 Å². The maximum absolute atomic E-state index is 10.1. The molecule has 3 aliphatic heterocycles. The summed E-state index contributed by atoms with van der Waals surface area (Å²) in [6, 6.07) is 0. The SMILES string of the molecule is CC1(C)O[C@@]2(C)CC[C@@H]1CC2OC1OC(OO)C(O)C(O)C1O. The number of hydrogen-bond acceptors (Lipinski definition) is 8. The number of rotatable bonds is 3. The molecule has 8 nitrogen and oxygen atoms in total. The smallest absolute Gasteiger partial charge is 0.222 e. The molecule has 3 saturated heterocycles. The lowest BCUT2D eigenvalue weighted by atomic mass is 9.67. The summed E-state index contributed by atoms with van der Waals surface area (Å²) in [4.78, 5) is 4.01. The first-order chi connectivity index (χ1) is 10.7. The topological polar surface area (TPSA) is 118 Å². The van der Waals surface area contributed by atoms with Gasteiger partial charge in [0.25, 0.3) is 0 Å². The predicted octanol–water partition coefficient (Wildman–Crippen LogP) is -0.00610. The molecule has 4 N–H and O–H groups in total. The molecular formula is C15H26O8. The van der Waals surface area contributed by atoms with E-state index >= 15 is 0 Å². The van der Waals surface area contributed by atoms with Gasteiger partial charge in [0.05, 0.1) is 17.3 Å². The van der Waals surface area contributed by atoms with Crippen molar-refractivity contribution >= 4 is 0 Å². The molecule has 23 heavy (non-hydrogen) atoms. The fourth-order valence-electron chi connectivity index (χ4n) is 4.06. The highest BCUT2D eigenvalue weighted by atomic mass is 17.1. The van der Waals surface area contributed by atoms with E-state index in [0.29, 0.717) is 5.92 Å². The monoisotopic (exact) mass is 334 g/mol. The first-order valence-corrected chi connectivity index (χ1v) is 8.03. The Bertz CT molecular complexity index is 441. The summed E-state index contributed by atoms with van der Waals surface area (Å²) >= 11 is 0. The van der Waals surface area contributed by atoms with Crippen molar-refractivity contribution in [3.05, 3.63) is 0 Å². The summed E-state index contributed by atoms with van der Waals surface area (Å²) in [5.74, 6) is 0.329. The van der Waals surface area contributed by atoms with E-state index < -0.39 is 36.5 Å². The minimum Gasteiger partial charge on any atom is -0.387 e. The Hall–Kier alpha value is -0.320. The second-order valence-electron chi connectivity index (χ2n) is 7.56. The van der Waals surface area contributed by atoms with Gasteiger partial charge in [-0.1, -0.05) is 0 Å². The molecule has 0 aromatic heterocycles. The van der Waals surface area contributed by atoms with Crippen molar-refractivity contribution in [1.29, 1.82) is 0 Å². The molecule has 4 rings (SSSR count). The van der Waals surface area contributed by atoms with Gasteiger partial charge in [0.2, 0.25) is 6.29 Å². The Balaban J connectivity index is 1.72. The Morgan fingerprint density at radius 3 is 2.22 bits per heavy atom. The Morgan fingerprint density at radius 2 is 1.65 bits per heavy atom. The molecule has 0 amide bonds. The van der Waals surface area contributed by atoms with Gasteiger partial charge in [0, 0.05) is 0 Å². The molecule has 4 fully saturated rings. The molecule has 134 valence electrons. The fraction of sp³-hybridized carbons (Fsp3) is 1.00. The average Bonchev–Trinajstić information content (AvgIpc) is 2.48. The summed E-state index contributed by atoms with van der Waals surface area (Å²) in [6.45, 7) is 6.09. The van der Waals surface area contributed by atoms with Gasteiger partial charge in [-0.15, -0.1) is 0 Å². The number of aliphatic hydroxyl groups excluding tert-OH is 3. The van der Waals surface area contributed by atoms with Gasteiger partial charge in [-0.2, -0.15) is 0 Å². The number of aliphatic hydroxyl groups is 3. The van der Waals surface area contributed by atoms with Gasteiger partial charge < -0.3 is 29.5 Å². The van der Waals surface area contributed by atoms with E-state index in [4.69, 9.17) is 19.5 Å². The van der Waals surface area contributed by atoms with Crippen LogP contribution in [0.5, 0.6) is 0 Å². The largest absolute Gasteiger partial charge is 0.387 e. The van der Waals surface area contributed by atoms with Crippen LogP contribution in [0.3, 0.4) is 0 Å². The maximum Gasteiger partial charge on any atom is 0.222 e. The fourth-order valence-corrected chi connectivity index (χ4v) is 4.06. The molecule has 8 atom stereocenters. The van der Waals surface area contributed by atoms with E-state index in [9.17, 15) is 15.3 Å². The highest BCUT2D eigenvalue weighted by molar-refractivity contribution is 5.04. The molecule has 4 aliphatic rings. The van der Waals surface area contributed by atoms with Crippen LogP contribution in [0, 0.1) is 5.92 Å². The van der Waals surface area contributed by atoms with E-state index in [1.54, 1.807) is 0 Å². The lowest BCUT2D eigenvalue weighted by molar-refractivity contribution is -0.438. The zero-order valence-electron chi connectivity index (χ0n) is 13.6. The van der Waals surface area contributed by atoms with Crippen LogP contribution in [-0.2, 0) is 19.1 Å². The standard InChI is InChI=1S/C15H26O8/c1-14(2)7-4-5-15(3,23-14)8(6-7)20-12-10(17)9(16)11(18)13(21-12)22-19/h7-13,16-19H,4-6H2,1-3H3/t7-,8?,9?,10?,11?,12?,13?,15+/m1/s1. The number of fused-ring (bicyclic) bond motifs is 3. The van der Waals surface area contributed by atoms with Crippen LogP contribution in [0.1, 0.15) is 40.0 Å². The van der Waals surface area contributed by atoms with Crippen LogP contribution in [0.15, 0.2) is 0 Å². The quantitative estimate of drug-likeness (QED) is 0.421. The van der Waals surface area contributed by atoms with Crippen LogP contribution in [0.4, 0.5) is 0 Å². The Kier molecular flexibility index (Phi) is 4.48. The zero-order chi connectivity index (χ0) is 17.0. The molecule has 0 spiro atoms. The summed E-state index contributed by atoms with van der Waals surface area (Å²) in [6.07, 6.45) is -4.97. The summed E-state index contributed by atoms with van der Waals surface area (Å²) in [5.41, 5.74) is -0.747. The Labute approximate surface area is 134 Å². The summed E-state index contributed by atoms with van der Waals surface area (Å²) in [5, 5.41) is 38.3. The van der Waals surface area contributed by atoms with E-state index in [1.165, 1.54) is 0 Å². The molecule has 2 bridgehead atoms. The average molecular weight is 334 g/mol. The van der Waals surface area contributed by atoms with Crippen molar-refractivity contribution in [1.82, 2.24) is 0 Å². The first kappa shape index (κ1) is 17.5. The lowest BCUT2D eigenvalue weighted by Crippen LogP contribution is -2.65. The third-order valence-corrected chi connectivity index (χ3v) is 5.58. The molecule has 3 heterocycles. The predicted molar refractivity (Wildman–Crippen MR) is 76.2 cm³/mol. The third kappa shape index (κ3) is 2.91. The molecule has 0 aromatic carbocycles. The molecule has 8 heteroatoms. The molecular weight excluding hydrogens is 308 g/mol. The highest BCUT2D eigenvalue weighted by Gasteiger charge is 2.56. The normalized spacial score (nSPS) is 52.6. The second kappa shape index (κ2) is 5.89. The Morgan fingerprint density at radius 1 is 1.00 bits per heavy atom. The van der Waals surface area contributed by atoms with Crippen LogP contribution >= 0.6 is 0 Å². The van der Waals surface area contributed by atoms with Gasteiger partial charge in [0.1, 0.15) is 18.3 Å². The van der Waals surface area contributed by atoms with Crippen molar-refractivity contribution in [2.45, 2.75) is 88.2 Å². The molecule has 1 saturated carbocycles. The number of ether oxygens (including phenoxy) is 3. The highest BCUT2D eigenvalue weighted by Crippen LogP contribution is 2.51. The van der Waals surface area contributed by atoms with Crippen LogP contribution in [0.25, 0.3) is 0 Å². The van der Waals surface area contributed by atoms with Crippen molar-refractivity contribution in [2.75, 3.05) is 0 Å². The van der Waals surface area contributed by atoms with Crippen LogP contribution in [0.2, 0.25) is 0 Å². The molecule has 0 radical (unpaired) electrons. The summed E-state index contributed by atoms with van der Waals surface area (Å²) in [7, 11) is 0. The van der Waals surface area contributed by atoms with Crippen molar-refractivity contribution in [2.24, 2.45) is 5.92 Å². The van der Waals surface area contributed by atoms with Crippen LogP contribution < -0.4 is 0 Å². The third-order valence-electron chi connectivity index (χ3n) is 5.58. The minimum atomic E-state index is -1.57. The van der Waals surface area contributed by atoms with E-state index in [0.717, 1.165) is 19.3 Å². The zero-order valence-corrected chi connectivity index (χ0v) is 13.6. The van der Waals surface area contributed by atoms with Gasteiger partial charge in [-0.25, -0.2) is 10.1 Å².